The molecule has 0 aliphatic heterocycles. The van der Waals surface area contributed by atoms with Crippen molar-refractivity contribution in [3.63, 3.8) is 0 Å². The Morgan fingerprint density at radius 1 is 1.55 bits per heavy atom. The highest BCUT2D eigenvalue weighted by Gasteiger charge is 2.22. The standard InChI is InChI=1S/C15H21N3OS/c1-11-10-18(7-8-19-2)15(16-11)17-13-4-3-5-14-12(13)6-9-20-14/h6,9-10,13H,3-5,7-8H2,1-2H3,(H,16,17). The van der Waals surface area contributed by atoms with Crippen molar-refractivity contribution < 1.29 is 4.74 Å². The Bertz CT molecular complexity index is 575. The van der Waals surface area contributed by atoms with E-state index in [1.807, 2.05) is 18.3 Å². The van der Waals surface area contributed by atoms with Gasteiger partial charge in [0.1, 0.15) is 0 Å². The van der Waals surface area contributed by atoms with Gasteiger partial charge in [-0.3, -0.25) is 0 Å². The number of hydrogen-bond donors (Lipinski definition) is 1. The Kier molecular flexibility index (Phi) is 4.08. The molecular formula is C15H21N3OS. The molecule has 3 rings (SSSR count). The molecule has 1 atom stereocenters. The normalized spacial score (nSPS) is 18.0. The average Bonchev–Trinajstić information content (AvgIpc) is 3.04. The summed E-state index contributed by atoms with van der Waals surface area (Å²) in [6.45, 7) is 3.58. The van der Waals surface area contributed by atoms with E-state index in [1.54, 1.807) is 7.11 Å². The van der Waals surface area contributed by atoms with Gasteiger partial charge in [-0.05, 0) is 43.2 Å². The lowest BCUT2D eigenvalue weighted by atomic mass is 9.94. The molecule has 1 aliphatic rings. The van der Waals surface area contributed by atoms with Crippen molar-refractivity contribution in [2.24, 2.45) is 0 Å². The number of aryl methyl sites for hydroxylation is 2. The van der Waals surface area contributed by atoms with E-state index in [0.717, 1.165) is 18.2 Å². The molecule has 0 saturated heterocycles. The summed E-state index contributed by atoms with van der Waals surface area (Å²) < 4.78 is 7.32. The van der Waals surface area contributed by atoms with E-state index in [4.69, 9.17) is 4.74 Å². The molecule has 0 spiro atoms. The molecule has 1 N–H and O–H groups in total. The molecule has 0 saturated carbocycles. The van der Waals surface area contributed by atoms with E-state index < -0.39 is 0 Å². The minimum Gasteiger partial charge on any atom is -0.383 e. The van der Waals surface area contributed by atoms with Crippen molar-refractivity contribution in [2.45, 2.75) is 38.8 Å². The number of ether oxygens (including phenoxy) is 1. The molecule has 5 heteroatoms. The highest BCUT2D eigenvalue weighted by atomic mass is 32.1. The van der Waals surface area contributed by atoms with Crippen LogP contribution in [0.15, 0.2) is 17.6 Å². The van der Waals surface area contributed by atoms with Gasteiger partial charge in [-0.25, -0.2) is 4.98 Å². The van der Waals surface area contributed by atoms with Crippen LogP contribution in [0.4, 0.5) is 5.95 Å². The smallest absolute Gasteiger partial charge is 0.203 e. The molecule has 20 heavy (non-hydrogen) atoms. The molecule has 1 aliphatic carbocycles. The maximum Gasteiger partial charge on any atom is 0.203 e. The second kappa shape index (κ2) is 5.97. The average molecular weight is 291 g/mol. The molecule has 4 nitrogen and oxygen atoms in total. The number of methoxy groups -OCH3 is 1. The second-order valence-corrected chi connectivity index (χ2v) is 6.28. The molecule has 0 fully saturated rings. The van der Waals surface area contributed by atoms with Gasteiger partial charge in [0, 0.05) is 24.7 Å². The van der Waals surface area contributed by atoms with Crippen molar-refractivity contribution in [3.8, 4) is 0 Å². The summed E-state index contributed by atoms with van der Waals surface area (Å²) in [5, 5.41) is 5.83. The van der Waals surface area contributed by atoms with Crippen LogP contribution in [0.1, 0.15) is 35.0 Å². The highest BCUT2D eigenvalue weighted by Crippen LogP contribution is 2.35. The fourth-order valence-electron chi connectivity index (χ4n) is 2.81. The largest absolute Gasteiger partial charge is 0.383 e. The minimum atomic E-state index is 0.396. The maximum absolute atomic E-state index is 5.17. The zero-order valence-corrected chi connectivity index (χ0v) is 12.9. The van der Waals surface area contributed by atoms with Crippen molar-refractivity contribution >= 4 is 17.3 Å². The fourth-order valence-corrected chi connectivity index (χ4v) is 3.80. The van der Waals surface area contributed by atoms with Crippen molar-refractivity contribution in [2.75, 3.05) is 19.0 Å². The molecule has 2 aromatic heterocycles. The van der Waals surface area contributed by atoms with Gasteiger partial charge < -0.3 is 14.6 Å². The van der Waals surface area contributed by atoms with E-state index in [-0.39, 0.29) is 0 Å². The first kappa shape index (κ1) is 13.6. The molecule has 2 heterocycles. The number of thiophene rings is 1. The van der Waals surface area contributed by atoms with Crippen LogP contribution < -0.4 is 5.32 Å². The van der Waals surface area contributed by atoms with Crippen molar-refractivity contribution in [1.29, 1.82) is 0 Å². The van der Waals surface area contributed by atoms with Gasteiger partial charge in [0.2, 0.25) is 5.95 Å². The summed E-state index contributed by atoms with van der Waals surface area (Å²) in [5.41, 5.74) is 2.50. The summed E-state index contributed by atoms with van der Waals surface area (Å²) in [7, 11) is 1.73. The summed E-state index contributed by atoms with van der Waals surface area (Å²) in [6, 6.07) is 2.65. The van der Waals surface area contributed by atoms with E-state index in [2.05, 4.69) is 32.5 Å². The van der Waals surface area contributed by atoms with Crippen LogP contribution in [-0.2, 0) is 17.7 Å². The molecule has 0 bridgehead atoms. The predicted octanol–water partition coefficient (Wildman–Crippen LogP) is 3.39. The zero-order valence-electron chi connectivity index (χ0n) is 12.1. The number of rotatable bonds is 5. The SMILES string of the molecule is COCCn1cc(C)nc1NC1CCCc2sccc21. The Hall–Kier alpha value is -1.33. The summed E-state index contributed by atoms with van der Waals surface area (Å²) in [6.07, 6.45) is 5.74. The quantitative estimate of drug-likeness (QED) is 0.918. The Morgan fingerprint density at radius 2 is 2.45 bits per heavy atom. The number of fused-ring (bicyclic) bond motifs is 1. The molecule has 1 unspecified atom stereocenters. The lowest BCUT2D eigenvalue weighted by molar-refractivity contribution is 0.187. The number of anilines is 1. The van der Waals surface area contributed by atoms with Crippen LogP contribution in [0.25, 0.3) is 0 Å². The monoisotopic (exact) mass is 291 g/mol. The van der Waals surface area contributed by atoms with Crippen LogP contribution in [0.5, 0.6) is 0 Å². The molecule has 108 valence electrons. The summed E-state index contributed by atoms with van der Waals surface area (Å²) >= 11 is 1.88. The van der Waals surface area contributed by atoms with Gasteiger partial charge in [0.15, 0.2) is 0 Å². The Morgan fingerprint density at radius 3 is 3.30 bits per heavy atom. The van der Waals surface area contributed by atoms with Crippen LogP contribution in [-0.4, -0.2) is 23.3 Å². The van der Waals surface area contributed by atoms with Gasteiger partial charge in [-0.2, -0.15) is 0 Å². The maximum atomic E-state index is 5.17. The lowest BCUT2D eigenvalue weighted by Crippen LogP contribution is -2.18. The first-order chi connectivity index (χ1) is 9.78. The number of aromatic nitrogens is 2. The van der Waals surface area contributed by atoms with E-state index >= 15 is 0 Å². The Labute approximate surface area is 123 Å². The van der Waals surface area contributed by atoms with Crippen LogP contribution >= 0.6 is 11.3 Å². The lowest BCUT2D eigenvalue weighted by Gasteiger charge is -2.24. The third-order valence-corrected chi connectivity index (χ3v) is 4.79. The third kappa shape index (κ3) is 2.74. The summed E-state index contributed by atoms with van der Waals surface area (Å²) in [4.78, 5) is 6.14. The predicted molar refractivity (Wildman–Crippen MR) is 82.5 cm³/mol. The first-order valence-corrected chi connectivity index (χ1v) is 8.01. The molecule has 0 aromatic carbocycles. The number of hydrogen-bond acceptors (Lipinski definition) is 4. The van der Waals surface area contributed by atoms with E-state index in [0.29, 0.717) is 12.6 Å². The van der Waals surface area contributed by atoms with Crippen molar-refractivity contribution in [3.05, 3.63) is 33.8 Å². The Balaban J connectivity index is 1.79. The van der Waals surface area contributed by atoms with Gasteiger partial charge in [0.05, 0.1) is 18.3 Å². The van der Waals surface area contributed by atoms with Crippen LogP contribution in [0.3, 0.4) is 0 Å². The van der Waals surface area contributed by atoms with Gasteiger partial charge >= 0.3 is 0 Å². The van der Waals surface area contributed by atoms with Crippen LogP contribution in [0.2, 0.25) is 0 Å². The fraction of sp³-hybridized carbons (Fsp3) is 0.533. The molecule has 0 radical (unpaired) electrons. The molecule has 2 aromatic rings. The first-order valence-electron chi connectivity index (χ1n) is 7.13. The molecule has 0 amide bonds. The number of nitrogens with zero attached hydrogens (tertiary/aromatic N) is 2. The highest BCUT2D eigenvalue weighted by molar-refractivity contribution is 7.10. The topological polar surface area (TPSA) is 39.1 Å². The third-order valence-electron chi connectivity index (χ3n) is 3.79. The second-order valence-electron chi connectivity index (χ2n) is 5.28. The number of imidazole rings is 1. The van der Waals surface area contributed by atoms with Crippen LogP contribution in [0, 0.1) is 6.92 Å². The van der Waals surface area contributed by atoms with E-state index in [9.17, 15) is 0 Å². The van der Waals surface area contributed by atoms with Gasteiger partial charge in [-0.1, -0.05) is 0 Å². The number of nitrogens with one attached hydrogen (secondary N) is 1. The summed E-state index contributed by atoms with van der Waals surface area (Å²) in [5.74, 6) is 0.962. The van der Waals surface area contributed by atoms with Crippen molar-refractivity contribution in [1.82, 2.24) is 9.55 Å². The van der Waals surface area contributed by atoms with E-state index in [1.165, 1.54) is 29.7 Å². The molecular weight excluding hydrogens is 270 g/mol. The zero-order chi connectivity index (χ0) is 13.9. The van der Waals surface area contributed by atoms with Gasteiger partial charge in [-0.15, -0.1) is 11.3 Å². The van der Waals surface area contributed by atoms with Gasteiger partial charge in [0.25, 0.3) is 0 Å². The minimum absolute atomic E-state index is 0.396.